The van der Waals surface area contributed by atoms with Crippen molar-refractivity contribution in [2.75, 3.05) is 6.61 Å². The molecule has 0 aromatic carbocycles. The number of carbonyl (C=O) groups excluding carboxylic acids is 1. The molecule has 0 aromatic rings. The van der Waals surface area contributed by atoms with Crippen molar-refractivity contribution >= 4 is 22.4 Å². The minimum Gasteiger partial charge on any atom is -0.468 e. The monoisotopic (exact) mass is 278 g/mol. The summed E-state index contributed by atoms with van der Waals surface area (Å²) in [5.41, 5.74) is 0. The summed E-state index contributed by atoms with van der Waals surface area (Å²) in [5.74, 6) is 0. The van der Waals surface area contributed by atoms with Crippen molar-refractivity contribution in [2.45, 2.75) is 63.1 Å². The van der Waals surface area contributed by atoms with Gasteiger partial charge in [-0.05, 0) is 12.8 Å². The SMILES string of the molecule is CC(Br)CCCCCCCCCOC=O. The zero-order valence-corrected chi connectivity index (χ0v) is 11.3. The predicted molar refractivity (Wildman–Crippen MR) is 67.3 cm³/mol. The van der Waals surface area contributed by atoms with E-state index in [9.17, 15) is 4.79 Å². The van der Waals surface area contributed by atoms with E-state index in [-0.39, 0.29) is 0 Å². The van der Waals surface area contributed by atoms with Gasteiger partial charge in [-0.3, -0.25) is 4.79 Å². The van der Waals surface area contributed by atoms with E-state index in [1.54, 1.807) is 0 Å². The Balaban J connectivity index is 2.89. The van der Waals surface area contributed by atoms with Gasteiger partial charge in [0.1, 0.15) is 0 Å². The van der Waals surface area contributed by atoms with Crippen LogP contribution >= 0.6 is 15.9 Å². The highest BCUT2D eigenvalue weighted by Gasteiger charge is 1.95. The minimum atomic E-state index is 0.529. The van der Waals surface area contributed by atoms with Crippen LogP contribution in [0.3, 0.4) is 0 Å². The van der Waals surface area contributed by atoms with Gasteiger partial charge in [-0.1, -0.05) is 61.4 Å². The molecule has 0 aliphatic carbocycles. The summed E-state index contributed by atoms with van der Waals surface area (Å²) in [7, 11) is 0. The fourth-order valence-corrected chi connectivity index (χ4v) is 1.87. The maximum Gasteiger partial charge on any atom is 0.293 e. The highest BCUT2D eigenvalue weighted by molar-refractivity contribution is 9.09. The van der Waals surface area contributed by atoms with Crippen LogP contribution in [-0.4, -0.2) is 17.9 Å². The Hall–Kier alpha value is -0.0500. The number of hydrogen-bond donors (Lipinski definition) is 0. The van der Waals surface area contributed by atoms with E-state index in [2.05, 4.69) is 27.6 Å². The molecular formula is C12H23BrO2. The Morgan fingerprint density at radius 1 is 1.07 bits per heavy atom. The van der Waals surface area contributed by atoms with Crippen molar-refractivity contribution in [3.05, 3.63) is 0 Å². The maximum absolute atomic E-state index is 9.84. The minimum absolute atomic E-state index is 0.529. The molecule has 0 saturated heterocycles. The van der Waals surface area contributed by atoms with Gasteiger partial charge in [0.25, 0.3) is 6.47 Å². The molecule has 0 amide bonds. The summed E-state index contributed by atoms with van der Waals surface area (Å²) in [6.07, 6.45) is 10.1. The molecule has 0 aliphatic rings. The molecule has 0 aromatic heterocycles. The zero-order chi connectivity index (χ0) is 11.4. The van der Waals surface area contributed by atoms with Crippen molar-refractivity contribution in [1.82, 2.24) is 0 Å². The second kappa shape index (κ2) is 12.0. The molecule has 90 valence electrons. The standard InChI is InChI=1S/C12H23BrO2/c1-12(13)9-7-5-3-2-4-6-8-10-15-11-14/h11-12H,2-10H2,1H3. The molecule has 0 saturated carbocycles. The highest BCUT2D eigenvalue weighted by atomic mass is 79.9. The van der Waals surface area contributed by atoms with Gasteiger partial charge in [0.15, 0.2) is 0 Å². The lowest BCUT2D eigenvalue weighted by Crippen LogP contribution is -1.92. The van der Waals surface area contributed by atoms with Crippen LogP contribution in [0.1, 0.15) is 58.3 Å². The van der Waals surface area contributed by atoms with Crippen LogP contribution in [0.25, 0.3) is 0 Å². The molecule has 0 rings (SSSR count). The maximum atomic E-state index is 9.84. The van der Waals surface area contributed by atoms with Crippen LogP contribution < -0.4 is 0 Å². The van der Waals surface area contributed by atoms with E-state index in [0.29, 0.717) is 17.9 Å². The molecule has 0 aliphatic heterocycles. The Morgan fingerprint density at radius 3 is 2.13 bits per heavy atom. The van der Waals surface area contributed by atoms with Gasteiger partial charge in [-0.25, -0.2) is 0 Å². The molecule has 15 heavy (non-hydrogen) atoms. The third-order valence-corrected chi connectivity index (χ3v) is 2.89. The summed E-state index contributed by atoms with van der Waals surface area (Å²) < 4.78 is 4.62. The molecule has 1 unspecified atom stereocenters. The first-order chi connectivity index (χ1) is 7.27. The first-order valence-electron chi connectivity index (χ1n) is 5.96. The first kappa shape index (κ1) is 14.9. The zero-order valence-electron chi connectivity index (χ0n) is 9.71. The number of hydrogen-bond acceptors (Lipinski definition) is 2. The molecule has 0 fully saturated rings. The van der Waals surface area contributed by atoms with Gasteiger partial charge >= 0.3 is 0 Å². The Labute approximate surface area is 102 Å². The first-order valence-corrected chi connectivity index (χ1v) is 6.88. The summed E-state index contributed by atoms with van der Waals surface area (Å²) in [6.45, 7) is 3.32. The number of halogens is 1. The van der Waals surface area contributed by atoms with E-state index in [1.807, 2.05) is 0 Å². The lowest BCUT2D eigenvalue weighted by molar-refractivity contribution is -0.128. The summed E-state index contributed by atoms with van der Waals surface area (Å²) in [4.78, 5) is 10.5. The topological polar surface area (TPSA) is 26.3 Å². The molecular weight excluding hydrogens is 256 g/mol. The van der Waals surface area contributed by atoms with Crippen molar-refractivity contribution < 1.29 is 9.53 Å². The third-order valence-electron chi connectivity index (χ3n) is 2.43. The quantitative estimate of drug-likeness (QED) is 0.324. The Kier molecular flexibility index (Phi) is 12.0. The van der Waals surface area contributed by atoms with Gasteiger partial charge < -0.3 is 4.74 Å². The number of rotatable bonds is 11. The van der Waals surface area contributed by atoms with E-state index in [1.165, 1.54) is 44.9 Å². The molecule has 0 spiro atoms. The average molecular weight is 279 g/mol. The van der Waals surface area contributed by atoms with Crippen molar-refractivity contribution in [3.8, 4) is 0 Å². The normalized spacial score (nSPS) is 12.4. The predicted octanol–water partition coefficient (Wildman–Crippen LogP) is 4.06. The number of ether oxygens (including phenoxy) is 1. The van der Waals surface area contributed by atoms with Crippen LogP contribution in [0.4, 0.5) is 0 Å². The van der Waals surface area contributed by atoms with Crippen molar-refractivity contribution in [2.24, 2.45) is 0 Å². The molecule has 1 atom stereocenters. The van der Waals surface area contributed by atoms with E-state index in [4.69, 9.17) is 0 Å². The number of unbranched alkanes of at least 4 members (excludes halogenated alkanes) is 6. The van der Waals surface area contributed by atoms with Crippen LogP contribution in [0.15, 0.2) is 0 Å². The van der Waals surface area contributed by atoms with Gasteiger partial charge in [0.2, 0.25) is 0 Å². The lowest BCUT2D eigenvalue weighted by Gasteiger charge is -2.03. The van der Waals surface area contributed by atoms with Crippen molar-refractivity contribution in [1.29, 1.82) is 0 Å². The van der Waals surface area contributed by atoms with E-state index < -0.39 is 0 Å². The fourth-order valence-electron chi connectivity index (χ4n) is 1.54. The summed E-state index contributed by atoms with van der Waals surface area (Å²) in [5, 5.41) is 0. The molecule has 3 heteroatoms. The van der Waals surface area contributed by atoms with E-state index >= 15 is 0 Å². The van der Waals surface area contributed by atoms with Gasteiger partial charge in [-0.2, -0.15) is 0 Å². The van der Waals surface area contributed by atoms with Crippen LogP contribution in [0.2, 0.25) is 0 Å². The molecule has 2 nitrogen and oxygen atoms in total. The molecule has 0 heterocycles. The van der Waals surface area contributed by atoms with E-state index in [0.717, 1.165) is 6.42 Å². The van der Waals surface area contributed by atoms with Crippen molar-refractivity contribution in [3.63, 3.8) is 0 Å². The second-order valence-corrected chi connectivity index (χ2v) is 5.57. The van der Waals surface area contributed by atoms with Crippen LogP contribution in [0, 0.1) is 0 Å². The number of alkyl halides is 1. The van der Waals surface area contributed by atoms with Gasteiger partial charge in [0.05, 0.1) is 6.61 Å². The molecule has 0 radical (unpaired) electrons. The third kappa shape index (κ3) is 14.0. The molecule has 0 bridgehead atoms. The van der Waals surface area contributed by atoms with Crippen LogP contribution in [0.5, 0.6) is 0 Å². The molecule has 0 N–H and O–H groups in total. The lowest BCUT2D eigenvalue weighted by atomic mass is 10.1. The summed E-state index contributed by atoms with van der Waals surface area (Å²) in [6, 6.07) is 0. The fraction of sp³-hybridized carbons (Fsp3) is 0.917. The Bertz CT molecular complexity index is 138. The smallest absolute Gasteiger partial charge is 0.293 e. The highest BCUT2D eigenvalue weighted by Crippen LogP contribution is 2.12. The summed E-state index contributed by atoms with van der Waals surface area (Å²) >= 11 is 3.55. The van der Waals surface area contributed by atoms with Gasteiger partial charge in [0, 0.05) is 4.83 Å². The van der Waals surface area contributed by atoms with Crippen LogP contribution in [-0.2, 0) is 9.53 Å². The average Bonchev–Trinajstić information content (AvgIpc) is 2.20. The largest absolute Gasteiger partial charge is 0.468 e. The van der Waals surface area contributed by atoms with Gasteiger partial charge in [-0.15, -0.1) is 0 Å². The Morgan fingerprint density at radius 2 is 1.60 bits per heavy atom. The number of carbonyl (C=O) groups is 1. The second-order valence-electron chi connectivity index (χ2n) is 4.01.